The zero-order valence-corrected chi connectivity index (χ0v) is 19.8. The standard InChI is InChI=1S/C28H21N5OS/c1-18-11-13-20(14-12-18)27-31-33-25(29)23(26(34)30-28(33)35-27)15-21-17-32(16-19-7-3-2-4-8-19)24-10-6-5-9-22(21)24/h2-15,17,29H,16H2,1H3/b23-15+,29-25?. The number of aryl methyl sites for hydroxylation is 1. The zero-order chi connectivity index (χ0) is 23.9. The molecule has 0 radical (unpaired) electrons. The minimum atomic E-state index is -0.422. The fourth-order valence-electron chi connectivity index (χ4n) is 4.26. The number of hydrogen-bond donors (Lipinski definition) is 1. The fraction of sp³-hybridized carbons (Fsp3) is 0.0714. The van der Waals surface area contributed by atoms with Gasteiger partial charge in [0.1, 0.15) is 5.04 Å². The number of carbonyl (C=O) groups excluding carboxylic acids is 1. The van der Waals surface area contributed by atoms with Gasteiger partial charge in [0.25, 0.3) is 5.91 Å². The molecule has 0 atom stereocenters. The van der Waals surface area contributed by atoms with Crippen molar-refractivity contribution in [3.8, 4) is 0 Å². The zero-order valence-electron chi connectivity index (χ0n) is 19.0. The Morgan fingerprint density at radius 1 is 0.971 bits per heavy atom. The average Bonchev–Trinajstić information content (AvgIpc) is 3.45. The van der Waals surface area contributed by atoms with Gasteiger partial charge in [0.05, 0.1) is 5.57 Å². The topological polar surface area (TPSA) is 73.8 Å². The predicted octanol–water partition coefficient (Wildman–Crippen LogP) is 5.67. The van der Waals surface area contributed by atoms with Gasteiger partial charge in [-0.3, -0.25) is 10.2 Å². The first-order chi connectivity index (χ1) is 17.1. The van der Waals surface area contributed by atoms with Crippen molar-refractivity contribution in [2.75, 3.05) is 0 Å². The summed E-state index contributed by atoms with van der Waals surface area (Å²) in [6.45, 7) is 2.74. The molecule has 0 unspecified atom stereocenters. The molecule has 2 aliphatic heterocycles. The van der Waals surface area contributed by atoms with E-state index in [4.69, 9.17) is 5.41 Å². The Kier molecular flexibility index (Phi) is 5.19. The Morgan fingerprint density at radius 3 is 2.51 bits per heavy atom. The maximum Gasteiger partial charge on any atom is 0.283 e. The van der Waals surface area contributed by atoms with Gasteiger partial charge in [-0.2, -0.15) is 15.1 Å². The lowest BCUT2D eigenvalue weighted by Gasteiger charge is -2.20. The molecule has 4 aromatic rings. The van der Waals surface area contributed by atoms with Gasteiger partial charge in [0.15, 0.2) is 5.84 Å². The van der Waals surface area contributed by atoms with Crippen molar-refractivity contribution >= 4 is 50.7 Å². The van der Waals surface area contributed by atoms with Crippen LogP contribution in [0.5, 0.6) is 0 Å². The maximum absolute atomic E-state index is 13.0. The van der Waals surface area contributed by atoms with Crippen LogP contribution in [0.25, 0.3) is 17.0 Å². The van der Waals surface area contributed by atoms with E-state index in [0.29, 0.717) is 11.7 Å². The highest BCUT2D eigenvalue weighted by Gasteiger charge is 2.36. The molecule has 6 nitrogen and oxygen atoms in total. The molecule has 6 rings (SSSR count). The lowest BCUT2D eigenvalue weighted by Crippen LogP contribution is -2.35. The minimum absolute atomic E-state index is 0.0366. The monoisotopic (exact) mass is 475 g/mol. The van der Waals surface area contributed by atoms with Gasteiger partial charge in [0.2, 0.25) is 5.17 Å². The van der Waals surface area contributed by atoms with Crippen LogP contribution in [0.1, 0.15) is 22.3 Å². The number of nitrogens with zero attached hydrogens (tertiary/aromatic N) is 4. The molecule has 1 N–H and O–H groups in total. The van der Waals surface area contributed by atoms with Gasteiger partial charge in [-0.1, -0.05) is 78.4 Å². The number of aromatic nitrogens is 1. The summed E-state index contributed by atoms with van der Waals surface area (Å²) in [6, 6.07) is 26.4. The molecule has 7 heteroatoms. The van der Waals surface area contributed by atoms with E-state index in [-0.39, 0.29) is 11.4 Å². The lowest BCUT2D eigenvalue weighted by molar-refractivity contribution is -0.114. The van der Waals surface area contributed by atoms with E-state index in [0.717, 1.165) is 32.6 Å². The second-order valence-corrected chi connectivity index (χ2v) is 9.46. The molecule has 0 spiro atoms. The van der Waals surface area contributed by atoms with Crippen LogP contribution in [0.2, 0.25) is 0 Å². The molecule has 0 saturated heterocycles. The van der Waals surface area contributed by atoms with E-state index in [2.05, 4.69) is 32.9 Å². The summed E-state index contributed by atoms with van der Waals surface area (Å²) >= 11 is 1.31. The van der Waals surface area contributed by atoms with Crippen LogP contribution in [-0.2, 0) is 11.3 Å². The van der Waals surface area contributed by atoms with Crippen LogP contribution in [-0.4, -0.2) is 31.5 Å². The Hall–Kier alpha value is -4.23. The number of hydrogen-bond acceptors (Lipinski definition) is 4. The number of aliphatic imine (C=N–C) groups is 1. The van der Waals surface area contributed by atoms with E-state index in [1.807, 2.05) is 73.8 Å². The second-order valence-electron chi connectivity index (χ2n) is 8.51. The summed E-state index contributed by atoms with van der Waals surface area (Å²) < 4.78 is 2.17. The number of para-hydroxylation sites is 1. The van der Waals surface area contributed by atoms with E-state index < -0.39 is 5.91 Å². The molecule has 3 heterocycles. The molecule has 0 fully saturated rings. The van der Waals surface area contributed by atoms with Gasteiger partial charge in [0, 0.05) is 34.8 Å². The van der Waals surface area contributed by atoms with Gasteiger partial charge in [-0.25, -0.2) is 0 Å². The Balaban J connectivity index is 1.37. The number of amides is 1. The van der Waals surface area contributed by atoms with E-state index >= 15 is 0 Å². The number of hydrazone groups is 1. The number of nitrogens with one attached hydrogen (secondary N) is 1. The van der Waals surface area contributed by atoms with Crippen molar-refractivity contribution in [3.05, 3.63) is 113 Å². The molecule has 170 valence electrons. The number of rotatable bonds is 4. The van der Waals surface area contributed by atoms with Crippen molar-refractivity contribution in [1.29, 1.82) is 5.41 Å². The van der Waals surface area contributed by atoms with Gasteiger partial charge >= 0.3 is 0 Å². The molecule has 35 heavy (non-hydrogen) atoms. The summed E-state index contributed by atoms with van der Waals surface area (Å²) in [7, 11) is 0. The predicted molar refractivity (Wildman–Crippen MR) is 143 cm³/mol. The highest BCUT2D eigenvalue weighted by atomic mass is 32.2. The number of thioether (sulfide) groups is 1. The first-order valence-corrected chi connectivity index (χ1v) is 12.1. The molecular formula is C28H21N5OS. The van der Waals surface area contributed by atoms with Crippen LogP contribution in [0, 0.1) is 12.3 Å². The SMILES string of the molecule is Cc1ccc(C2=NN3C(=N)/C(=C\c4cn(Cc5ccccc5)c5ccccc45)C(=O)N=C3S2)cc1. The first-order valence-electron chi connectivity index (χ1n) is 11.3. The van der Waals surface area contributed by atoms with Crippen molar-refractivity contribution < 1.29 is 4.79 Å². The molecule has 0 saturated carbocycles. The largest absolute Gasteiger partial charge is 0.342 e. The number of fused-ring (bicyclic) bond motifs is 2. The number of carbonyl (C=O) groups is 1. The van der Waals surface area contributed by atoms with Gasteiger partial charge < -0.3 is 4.57 Å². The highest BCUT2D eigenvalue weighted by molar-refractivity contribution is 8.27. The average molecular weight is 476 g/mol. The number of benzene rings is 3. The molecule has 2 aliphatic rings. The molecule has 1 amide bonds. The van der Waals surface area contributed by atoms with Crippen LogP contribution < -0.4 is 0 Å². The summed E-state index contributed by atoms with van der Waals surface area (Å²) in [5.74, 6) is -0.386. The summed E-state index contributed by atoms with van der Waals surface area (Å²) in [6.07, 6.45) is 3.79. The summed E-state index contributed by atoms with van der Waals surface area (Å²) in [5.41, 5.74) is 5.46. The van der Waals surface area contributed by atoms with Gasteiger partial charge in [-0.05, 0) is 36.4 Å². The quantitative estimate of drug-likeness (QED) is 0.387. The van der Waals surface area contributed by atoms with E-state index in [1.54, 1.807) is 6.08 Å². The first kappa shape index (κ1) is 21.3. The Morgan fingerprint density at radius 2 is 1.71 bits per heavy atom. The van der Waals surface area contributed by atoms with Crippen LogP contribution in [0.3, 0.4) is 0 Å². The highest BCUT2D eigenvalue weighted by Crippen LogP contribution is 2.32. The molecule has 0 bridgehead atoms. The van der Waals surface area contributed by atoms with E-state index in [1.165, 1.54) is 22.3 Å². The van der Waals surface area contributed by atoms with E-state index in [9.17, 15) is 4.79 Å². The molecule has 3 aromatic carbocycles. The Labute approximate surface area is 206 Å². The number of amidine groups is 2. The molecular weight excluding hydrogens is 454 g/mol. The third-order valence-corrected chi connectivity index (χ3v) is 7.03. The van der Waals surface area contributed by atoms with Crippen molar-refractivity contribution in [1.82, 2.24) is 9.58 Å². The van der Waals surface area contributed by atoms with Crippen molar-refractivity contribution in [2.24, 2.45) is 10.1 Å². The fourth-order valence-corrected chi connectivity index (χ4v) is 5.16. The molecule has 1 aromatic heterocycles. The van der Waals surface area contributed by atoms with Crippen LogP contribution >= 0.6 is 11.8 Å². The van der Waals surface area contributed by atoms with Crippen LogP contribution in [0.4, 0.5) is 0 Å². The van der Waals surface area contributed by atoms with Gasteiger partial charge in [-0.15, -0.1) is 0 Å². The van der Waals surface area contributed by atoms with Crippen molar-refractivity contribution in [2.45, 2.75) is 13.5 Å². The maximum atomic E-state index is 13.0. The molecule has 0 aliphatic carbocycles. The third kappa shape index (κ3) is 3.90. The van der Waals surface area contributed by atoms with Crippen LogP contribution in [0.15, 0.2) is 101 Å². The Bertz CT molecular complexity index is 1580. The minimum Gasteiger partial charge on any atom is -0.342 e. The van der Waals surface area contributed by atoms with Crippen molar-refractivity contribution in [3.63, 3.8) is 0 Å². The third-order valence-electron chi connectivity index (χ3n) is 6.07. The summed E-state index contributed by atoms with van der Waals surface area (Å²) in [4.78, 5) is 17.2. The lowest BCUT2D eigenvalue weighted by atomic mass is 10.1. The smallest absolute Gasteiger partial charge is 0.283 e. The summed E-state index contributed by atoms with van der Waals surface area (Å²) in [5, 5.41) is 17.0. The normalized spacial score (nSPS) is 16.6. The second kappa shape index (κ2) is 8.52.